The molecule has 0 saturated heterocycles. The van der Waals surface area contributed by atoms with Crippen molar-refractivity contribution < 1.29 is 4.79 Å². The fourth-order valence-electron chi connectivity index (χ4n) is 2.35. The molecule has 1 nitrogen and oxygen atoms in total. The highest BCUT2D eigenvalue weighted by molar-refractivity contribution is 5.79. The van der Waals surface area contributed by atoms with Crippen molar-refractivity contribution in [1.29, 1.82) is 0 Å². The first kappa shape index (κ1) is 13.6. The lowest BCUT2D eigenvalue weighted by molar-refractivity contribution is -0.119. The Morgan fingerprint density at radius 1 is 1.11 bits per heavy atom. The molecule has 0 spiro atoms. The zero-order valence-electron chi connectivity index (χ0n) is 11.7. The number of benzene rings is 1. The van der Waals surface area contributed by atoms with E-state index in [0.717, 1.165) is 18.4 Å². The number of hydrogen-bond acceptors (Lipinski definition) is 1. The number of allylic oxidation sites excluding steroid dienone is 2. The highest BCUT2D eigenvalue weighted by Crippen LogP contribution is 2.37. The summed E-state index contributed by atoms with van der Waals surface area (Å²) in [5, 5.41) is 0. The van der Waals surface area contributed by atoms with E-state index in [4.69, 9.17) is 0 Å². The van der Waals surface area contributed by atoms with Gasteiger partial charge in [-0.25, -0.2) is 0 Å². The van der Waals surface area contributed by atoms with Gasteiger partial charge in [0.15, 0.2) is 0 Å². The quantitative estimate of drug-likeness (QED) is 0.501. The Balaban J connectivity index is 2.17. The van der Waals surface area contributed by atoms with Crippen LogP contribution in [-0.4, -0.2) is 5.78 Å². The number of hydrogen-bond donors (Lipinski definition) is 0. The molecule has 0 bridgehead atoms. The second-order valence-corrected chi connectivity index (χ2v) is 5.73. The van der Waals surface area contributed by atoms with E-state index in [1.165, 1.54) is 5.57 Å². The van der Waals surface area contributed by atoms with Gasteiger partial charge in [0.1, 0.15) is 5.78 Å². The number of Topliss-reactive ketones (excluding diaryl/α,β-unsaturated/α-hetero) is 1. The maximum Gasteiger partial charge on any atom is 0.133 e. The smallest absolute Gasteiger partial charge is 0.133 e. The predicted molar refractivity (Wildman–Crippen MR) is 78.7 cm³/mol. The van der Waals surface area contributed by atoms with Gasteiger partial charge in [0.2, 0.25) is 0 Å². The van der Waals surface area contributed by atoms with Gasteiger partial charge in [-0.15, -0.1) is 0 Å². The van der Waals surface area contributed by atoms with Gasteiger partial charge >= 0.3 is 0 Å². The summed E-state index contributed by atoms with van der Waals surface area (Å²) in [7, 11) is 0. The fraction of sp³-hybridized carbons (Fsp3) is 0.389. The van der Waals surface area contributed by atoms with Crippen molar-refractivity contribution in [3.63, 3.8) is 0 Å². The second kappa shape index (κ2) is 5.89. The van der Waals surface area contributed by atoms with Crippen LogP contribution in [0.3, 0.4) is 0 Å². The summed E-state index contributed by atoms with van der Waals surface area (Å²) in [5.74, 6) is 6.68. The van der Waals surface area contributed by atoms with Crippen LogP contribution >= 0.6 is 0 Å². The van der Waals surface area contributed by atoms with Crippen LogP contribution in [0.2, 0.25) is 0 Å². The summed E-state index contributed by atoms with van der Waals surface area (Å²) in [6, 6.07) is 9.99. The lowest BCUT2D eigenvalue weighted by atomic mass is 9.80. The van der Waals surface area contributed by atoms with Crippen molar-refractivity contribution in [2.45, 2.75) is 39.5 Å². The molecule has 0 atom stereocenters. The summed E-state index contributed by atoms with van der Waals surface area (Å²) in [6.45, 7) is 4.42. The Morgan fingerprint density at radius 2 is 1.84 bits per heavy atom. The average molecular weight is 252 g/mol. The number of rotatable bonds is 0. The maximum absolute atomic E-state index is 11.5. The van der Waals surface area contributed by atoms with Gasteiger partial charge in [-0.3, -0.25) is 4.79 Å². The van der Waals surface area contributed by atoms with Gasteiger partial charge in [0, 0.05) is 18.4 Å². The van der Waals surface area contributed by atoms with Crippen LogP contribution in [0.25, 0.3) is 0 Å². The summed E-state index contributed by atoms with van der Waals surface area (Å²) in [5.41, 5.74) is 2.43. The minimum atomic E-state index is 0.0948. The predicted octanol–water partition coefficient (Wildman–Crippen LogP) is 4.13. The van der Waals surface area contributed by atoms with Crippen molar-refractivity contribution in [2.24, 2.45) is 5.41 Å². The molecule has 1 heteroatoms. The minimum Gasteiger partial charge on any atom is -0.300 e. The topological polar surface area (TPSA) is 17.1 Å². The molecule has 1 saturated carbocycles. The van der Waals surface area contributed by atoms with Gasteiger partial charge in [-0.1, -0.05) is 49.5 Å². The molecule has 0 aliphatic heterocycles. The molecule has 1 aliphatic rings. The Kier molecular flexibility index (Phi) is 4.22. The molecule has 0 aromatic heterocycles. The van der Waals surface area contributed by atoms with E-state index in [-0.39, 0.29) is 5.41 Å². The summed E-state index contributed by atoms with van der Waals surface area (Å²) in [4.78, 5) is 11.5. The van der Waals surface area contributed by atoms with E-state index in [1.807, 2.05) is 36.4 Å². The third-order valence-corrected chi connectivity index (χ3v) is 3.81. The Hall–Kier alpha value is -1.81. The van der Waals surface area contributed by atoms with Crippen molar-refractivity contribution in [1.82, 2.24) is 0 Å². The van der Waals surface area contributed by atoms with Gasteiger partial charge < -0.3 is 0 Å². The zero-order valence-corrected chi connectivity index (χ0v) is 11.7. The van der Waals surface area contributed by atoms with Crippen LogP contribution in [0.5, 0.6) is 0 Å². The third-order valence-electron chi connectivity index (χ3n) is 3.81. The van der Waals surface area contributed by atoms with E-state index < -0.39 is 0 Å². The molecular formula is C18H20O. The maximum atomic E-state index is 11.5. The molecule has 2 rings (SSSR count). The van der Waals surface area contributed by atoms with Crippen LogP contribution in [0.4, 0.5) is 0 Å². The molecule has 19 heavy (non-hydrogen) atoms. The normalized spacial score (nSPS) is 20.5. The summed E-state index contributed by atoms with van der Waals surface area (Å²) in [6.07, 6.45) is 5.18. The molecule has 1 aromatic rings. The van der Waals surface area contributed by atoms with Crippen LogP contribution < -0.4 is 0 Å². The first-order valence-electron chi connectivity index (χ1n) is 6.86. The average Bonchev–Trinajstić information content (AvgIpc) is 2.52. The molecule has 0 unspecified atom stereocenters. The highest BCUT2D eigenvalue weighted by atomic mass is 16.1. The Morgan fingerprint density at radius 3 is 2.58 bits per heavy atom. The van der Waals surface area contributed by atoms with E-state index in [2.05, 4.69) is 25.7 Å². The summed E-state index contributed by atoms with van der Waals surface area (Å²) >= 11 is 0. The zero-order chi connectivity index (χ0) is 13.7. The van der Waals surface area contributed by atoms with Crippen molar-refractivity contribution in [3.05, 3.63) is 47.5 Å². The van der Waals surface area contributed by atoms with Gasteiger partial charge in [-0.05, 0) is 36.5 Å². The SMILES string of the molecule is CC1(C)CCC(=O)CC/C1=C/C#Cc1ccccc1. The molecule has 0 amide bonds. The fourth-order valence-corrected chi connectivity index (χ4v) is 2.35. The Labute approximate surface area is 115 Å². The molecule has 98 valence electrons. The lowest BCUT2D eigenvalue weighted by Crippen LogP contribution is -2.13. The largest absolute Gasteiger partial charge is 0.300 e. The number of ketones is 1. The van der Waals surface area contributed by atoms with Gasteiger partial charge in [-0.2, -0.15) is 0 Å². The summed E-state index contributed by atoms with van der Waals surface area (Å²) < 4.78 is 0. The third kappa shape index (κ3) is 3.83. The first-order valence-corrected chi connectivity index (χ1v) is 6.86. The molecule has 0 heterocycles. The number of carbonyl (C=O) groups excluding carboxylic acids is 1. The van der Waals surface area contributed by atoms with Crippen molar-refractivity contribution in [2.75, 3.05) is 0 Å². The first-order chi connectivity index (χ1) is 9.08. The van der Waals surface area contributed by atoms with Gasteiger partial charge in [0.05, 0.1) is 0 Å². The van der Waals surface area contributed by atoms with Crippen molar-refractivity contribution >= 4 is 5.78 Å². The van der Waals surface area contributed by atoms with E-state index in [1.54, 1.807) is 0 Å². The Bertz CT molecular complexity index is 538. The van der Waals surface area contributed by atoms with E-state index in [0.29, 0.717) is 18.6 Å². The molecule has 0 radical (unpaired) electrons. The molecule has 1 aromatic carbocycles. The standard InChI is InChI=1S/C18H20O/c1-18(2)14-13-17(19)12-11-16(18)10-6-9-15-7-4-3-5-8-15/h3-5,7-8,10H,11-14H2,1-2H3/b16-10-. The molecule has 1 aliphatic carbocycles. The number of carbonyl (C=O) groups is 1. The lowest BCUT2D eigenvalue weighted by Gasteiger charge is -2.24. The van der Waals surface area contributed by atoms with Crippen molar-refractivity contribution in [3.8, 4) is 11.8 Å². The minimum absolute atomic E-state index is 0.0948. The highest BCUT2D eigenvalue weighted by Gasteiger charge is 2.27. The van der Waals surface area contributed by atoms with Gasteiger partial charge in [0.25, 0.3) is 0 Å². The van der Waals surface area contributed by atoms with Crippen LogP contribution in [0.1, 0.15) is 45.1 Å². The second-order valence-electron chi connectivity index (χ2n) is 5.73. The molecule has 0 N–H and O–H groups in total. The van der Waals surface area contributed by atoms with Crippen LogP contribution in [0, 0.1) is 17.3 Å². The van der Waals surface area contributed by atoms with Crippen LogP contribution in [-0.2, 0) is 4.79 Å². The monoisotopic (exact) mass is 252 g/mol. The molecule has 1 fully saturated rings. The van der Waals surface area contributed by atoms with Crippen LogP contribution in [0.15, 0.2) is 42.0 Å². The molecular weight excluding hydrogens is 232 g/mol. The van der Waals surface area contributed by atoms with E-state index in [9.17, 15) is 4.79 Å². The van der Waals surface area contributed by atoms with E-state index >= 15 is 0 Å².